The smallest absolute Gasteiger partial charge is 0.268 e. The Balaban J connectivity index is 1.89. The van der Waals surface area contributed by atoms with Crippen LogP contribution in [0, 0.1) is 0 Å². The number of para-hydroxylation sites is 1. The second-order valence-electron chi connectivity index (χ2n) is 5.67. The van der Waals surface area contributed by atoms with Gasteiger partial charge in [-0.2, -0.15) is 0 Å². The topological polar surface area (TPSA) is 75.4 Å². The SMILES string of the molecule is CN(C(=O)c1cccs1)c1ccccc1C(=O)Nc1cc(Cl)c(N)c(Cl)c1. The monoisotopic (exact) mass is 419 g/mol. The molecule has 1 aromatic heterocycles. The Labute approximate surface area is 170 Å². The van der Waals surface area contributed by atoms with Crippen LogP contribution in [0.25, 0.3) is 0 Å². The van der Waals surface area contributed by atoms with E-state index in [1.165, 1.54) is 28.4 Å². The lowest BCUT2D eigenvalue weighted by molar-refractivity contribution is 0.0996. The minimum atomic E-state index is -0.395. The number of amides is 2. The van der Waals surface area contributed by atoms with E-state index in [-0.39, 0.29) is 21.6 Å². The normalized spacial score (nSPS) is 10.5. The lowest BCUT2D eigenvalue weighted by Gasteiger charge is -2.20. The van der Waals surface area contributed by atoms with Gasteiger partial charge in [0.2, 0.25) is 0 Å². The minimum absolute atomic E-state index is 0.191. The molecular formula is C19H15Cl2N3O2S. The zero-order valence-corrected chi connectivity index (χ0v) is 16.5. The van der Waals surface area contributed by atoms with E-state index in [2.05, 4.69) is 5.32 Å². The number of nitrogens with two attached hydrogens (primary N) is 1. The minimum Gasteiger partial charge on any atom is -0.396 e. The van der Waals surface area contributed by atoms with Crippen molar-refractivity contribution in [2.24, 2.45) is 0 Å². The van der Waals surface area contributed by atoms with Gasteiger partial charge in [0.1, 0.15) is 0 Å². The average molecular weight is 420 g/mol. The van der Waals surface area contributed by atoms with Crippen LogP contribution in [0.3, 0.4) is 0 Å². The number of hydrogen-bond acceptors (Lipinski definition) is 4. The maximum absolute atomic E-state index is 12.8. The molecule has 0 unspecified atom stereocenters. The highest BCUT2D eigenvalue weighted by molar-refractivity contribution is 7.12. The summed E-state index contributed by atoms with van der Waals surface area (Å²) in [5.41, 5.74) is 7.20. The standard InChI is InChI=1S/C19H15Cl2N3O2S/c1-24(19(26)16-7-4-8-27-16)15-6-3-2-5-12(15)18(25)23-11-9-13(20)17(22)14(21)10-11/h2-10H,22H2,1H3,(H,23,25). The quantitative estimate of drug-likeness (QED) is 0.572. The van der Waals surface area contributed by atoms with Crippen LogP contribution in [-0.4, -0.2) is 18.9 Å². The molecule has 0 aliphatic rings. The number of halogens is 2. The molecule has 3 rings (SSSR count). The van der Waals surface area contributed by atoms with Crippen molar-refractivity contribution in [1.29, 1.82) is 0 Å². The average Bonchev–Trinajstić information content (AvgIpc) is 3.19. The highest BCUT2D eigenvalue weighted by atomic mass is 35.5. The van der Waals surface area contributed by atoms with Crippen molar-refractivity contribution in [2.45, 2.75) is 0 Å². The molecule has 0 saturated heterocycles. The van der Waals surface area contributed by atoms with Gasteiger partial charge in [-0.15, -0.1) is 11.3 Å². The number of carbonyl (C=O) groups excluding carboxylic acids is 2. The molecule has 138 valence electrons. The van der Waals surface area contributed by atoms with Gasteiger partial charge >= 0.3 is 0 Å². The van der Waals surface area contributed by atoms with Crippen molar-refractivity contribution < 1.29 is 9.59 Å². The zero-order chi connectivity index (χ0) is 19.6. The second-order valence-corrected chi connectivity index (χ2v) is 7.43. The summed E-state index contributed by atoms with van der Waals surface area (Å²) in [5, 5.41) is 5.06. The molecule has 0 atom stereocenters. The summed E-state index contributed by atoms with van der Waals surface area (Å²) in [5.74, 6) is -0.586. The summed E-state index contributed by atoms with van der Waals surface area (Å²) in [7, 11) is 1.63. The largest absolute Gasteiger partial charge is 0.396 e. The molecule has 0 aliphatic heterocycles. The molecule has 2 amide bonds. The first kappa shape index (κ1) is 19.2. The molecule has 0 saturated carbocycles. The van der Waals surface area contributed by atoms with Gasteiger partial charge in [0.05, 0.1) is 31.9 Å². The second kappa shape index (κ2) is 8.00. The Kier molecular flexibility index (Phi) is 5.70. The Morgan fingerprint density at radius 2 is 1.74 bits per heavy atom. The van der Waals surface area contributed by atoms with Crippen molar-refractivity contribution >= 4 is 63.4 Å². The van der Waals surface area contributed by atoms with Gasteiger partial charge in [0.15, 0.2) is 0 Å². The van der Waals surface area contributed by atoms with Crippen LogP contribution in [0.4, 0.5) is 17.1 Å². The maximum atomic E-state index is 12.8. The first-order chi connectivity index (χ1) is 12.9. The number of nitrogens with one attached hydrogen (secondary N) is 1. The number of nitrogens with zero attached hydrogens (tertiary/aromatic N) is 1. The summed E-state index contributed by atoms with van der Waals surface area (Å²) in [6, 6.07) is 13.4. The van der Waals surface area contributed by atoms with Gasteiger partial charge in [-0.05, 0) is 35.7 Å². The third kappa shape index (κ3) is 4.08. The van der Waals surface area contributed by atoms with Crippen molar-refractivity contribution in [3.05, 3.63) is 74.4 Å². The van der Waals surface area contributed by atoms with E-state index in [0.717, 1.165) is 0 Å². The van der Waals surface area contributed by atoms with E-state index < -0.39 is 5.91 Å². The fourth-order valence-corrected chi connectivity index (χ4v) is 3.67. The van der Waals surface area contributed by atoms with Crippen LogP contribution in [0.5, 0.6) is 0 Å². The third-order valence-electron chi connectivity index (χ3n) is 3.88. The predicted octanol–water partition coefficient (Wildman–Crippen LogP) is 5.17. The molecule has 0 bridgehead atoms. The predicted molar refractivity (Wildman–Crippen MR) is 112 cm³/mol. The fraction of sp³-hybridized carbons (Fsp3) is 0.0526. The molecule has 8 heteroatoms. The zero-order valence-electron chi connectivity index (χ0n) is 14.2. The number of nitrogen functional groups attached to an aromatic ring is 1. The first-order valence-electron chi connectivity index (χ1n) is 7.85. The summed E-state index contributed by atoms with van der Waals surface area (Å²) in [6.07, 6.45) is 0. The molecule has 0 aliphatic carbocycles. The van der Waals surface area contributed by atoms with E-state index in [0.29, 0.717) is 21.8 Å². The van der Waals surface area contributed by atoms with Crippen LogP contribution in [-0.2, 0) is 0 Å². The molecule has 1 heterocycles. The number of anilines is 3. The summed E-state index contributed by atoms with van der Waals surface area (Å²) < 4.78 is 0. The maximum Gasteiger partial charge on any atom is 0.268 e. The Morgan fingerprint density at radius 1 is 1.07 bits per heavy atom. The molecule has 3 N–H and O–H groups in total. The van der Waals surface area contributed by atoms with Crippen LogP contribution >= 0.6 is 34.5 Å². The van der Waals surface area contributed by atoms with Crippen LogP contribution < -0.4 is 16.0 Å². The lowest BCUT2D eigenvalue weighted by atomic mass is 10.1. The van der Waals surface area contributed by atoms with Crippen LogP contribution in [0.1, 0.15) is 20.0 Å². The molecule has 27 heavy (non-hydrogen) atoms. The number of benzene rings is 2. The fourth-order valence-electron chi connectivity index (χ4n) is 2.49. The van der Waals surface area contributed by atoms with Crippen molar-refractivity contribution in [2.75, 3.05) is 23.0 Å². The number of carbonyl (C=O) groups is 2. The molecule has 0 spiro atoms. The Hall–Kier alpha value is -2.54. The van der Waals surface area contributed by atoms with Gasteiger partial charge in [-0.1, -0.05) is 41.4 Å². The van der Waals surface area contributed by atoms with Gasteiger partial charge < -0.3 is 16.0 Å². The van der Waals surface area contributed by atoms with E-state index in [9.17, 15) is 9.59 Å². The van der Waals surface area contributed by atoms with Gasteiger partial charge in [-0.3, -0.25) is 9.59 Å². The first-order valence-corrected chi connectivity index (χ1v) is 9.48. The molecule has 5 nitrogen and oxygen atoms in total. The Morgan fingerprint density at radius 3 is 2.37 bits per heavy atom. The van der Waals surface area contributed by atoms with Crippen molar-refractivity contribution in [1.82, 2.24) is 0 Å². The highest BCUT2D eigenvalue weighted by Crippen LogP contribution is 2.32. The summed E-state index contributed by atoms with van der Waals surface area (Å²) in [4.78, 5) is 27.4. The van der Waals surface area contributed by atoms with E-state index >= 15 is 0 Å². The summed E-state index contributed by atoms with van der Waals surface area (Å²) >= 11 is 13.4. The van der Waals surface area contributed by atoms with Crippen LogP contribution in [0.15, 0.2) is 53.9 Å². The van der Waals surface area contributed by atoms with E-state index in [1.807, 2.05) is 5.38 Å². The van der Waals surface area contributed by atoms with E-state index in [4.69, 9.17) is 28.9 Å². The Bertz CT molecular complexity index is 983. The third-order valence-corrected chi connectivity index (χ3v) is 5.37. The van der Waals surface area contributed by atoms with Crippen molar-refractivity contribution in [3.8, 4) is 0 Å². The van der Waals surface area contributed by atoms with Gasteiger partial charge in [0, 0.05) is 12.7 Å². The molecular weight excluding hydrogens is 405 g/mol. The molecule has 3 aromatic rings. The van der Waals surface area contributed by atoms with Crippen LogP contribution in [0.2, 0.25) is 10.0 Å². The van der Waals surface area contributed by atoms with Gasteiger partial charge in [0.25, 0.3) is 11.8 Å². The highest BCUT2D eigenvalue weighted by Gasteiger charge is 2.20. The number of rotatable bonds is 4. The molecule has 0 fully saturated rings. The lowest BCUT2D eigenvalue weighted by Crippen LogP contribution is -2.28. The number of hydrogen-bond donors (Lipinski definition) is 2. The van der Waals surface area contributed by atoms with E-state index in [1.54, 1.807) is 43.4 Å². The molecule has 0 radical (unpaired) electrons. The molecule has 2 aromatic carbocycles. The summed E-state index contributed by atoms with van der Waals surface area (Å²) in [6.45, 7) is 0. The van der Waals surface area contributed by atoms with Gasteiger partial charge in [-0.25, -0.2) is 0 Å². The number of thiophene rings is 1. The van der Waals surface area contributed by atoms with Crippen molar-refractivity contribution in [3.63, 3.8) is 0 Å².